The zero-order chi connectivity index (χ0) is 23.4. The van der Waals surface area contributed by atoms with Crippen LogP contribution in [0.4, 0.5) is 5.69 Å². The molecule has 0 aliphatic heterocycles. The van der Waals surface area contributed by atoms with Gasteiger partial charge in [-0.25, -0.2) is 9.59 Å². The molecule has 0 radical (unpaired) electrons. The number of benzene rings is 2. The second kappa shape index (κ2) is 9.12. The SMILES string of the molecule is CCOc1cc(C=Nn2c(=O)[nH]c3ccccc3c2=O)cc([N+](=O)[O-])c1O[C@H](C)C(=O)O. The number of H-pyrrole nitrogens is 1. The van der Waals surface area contributed by atoms with E-state index in [0.717, 1.165) is 12.3 Å². The third-order valence-electron chi connectivity index (χ3n) is 4.30. The summed E-state index contributed by atoms with van der Waals surface area (Å²) in [4.78, 5) is 49.3. The molecule has 0 aliphatic carbocycles. The highest BCUT2D eigenvalue weighted by Crippen LogP contribution is 2.39. The molecular formula is C20H18N4O8. The lowest BCUT2D eigenvalue weighted by atomic mass is 10.1. The Balaban J connectivity index is 2.11. The fourth-order valence-electron chi connectivity index (χ4n) is 2.81. The molecule has 0 amide bonds. The van der Waals surface area contributed by atoms with Crippen LogP contribution in [0.5, 0.6) is 11.5 Å². The number of ether oxygens (including phenoxy) is 2. The normalized spacial score (nSPS) is 12.1. The van der Waals surface area contributed by atoms with Crippen molar-refractivity contribution < 1.29 is 24.3 Å². The number of nitro groups is 1. The topological polar surface area (TPSA) is 166 Å². The third kappa shape index (κ3) is 4.48. The van der Waals surface area contributed by atoms with Gasteiger partial charge in [0.25, 0.3) is 5.56 Å². The molecule has 12 nitrogen and oxygen atoms in total. The summed E-state index contributed by atoms with van der Waals surface area (Å²) in [5.41, 5.74) is -1.56. The van der Waals surface area contributed by atoms with E-state index in [0.29, 0.717) is 10.2 Å². The van der Waals surface area contributed by atoms with E-state index in [1.165, 1.54) is 19.1 Å². The molecule has 0 unspecified atom stereocenters. The van der Waals surface area contributed by atoms with Crippen molar-refractivity contribution in [2.24, 2.45) is 5.10 Å². The monoisotopic (exact) mass is 442 g/mol. The van der Waals surface area contributed by atoms with E-state index < -0.39 is 33.9 Å². The van der Waals surface area contributed by atoms with Crippen LogP contribution in [-0.2, 0) is 4.79 Å². The van der Waals surface area contributed by atoms with E-state index in [9.17, 15) is 24.5 Å². The molecule has 0 fully saturated rings. The van der Waals surface area contributed by atoms with Gasteiger partial charge < -0.3 is 19.6 Å². The summed E-state index contributed by atoms with van der Waals surface area (Å²) in [6.07, 6.45) is -0.298. The first kappa shape index (κ1) is 22.2. The van der Waals surface area contributed by atoms with Crippen molar-refractivity contribution in [3.63, 3.8) is 0 Å². The smallest absolute Gasteiger partial charge is 0.349 e. The fraction of sp³-hybridized carbons (Fsp3) is 0.200. The fourth-order valence-corrected chi connectivity index (χ4v) is 2.81. The number of nitrogens with zero attached hydrogens (tertiary/aromatic N) is 3. The van der Waals surface area contributed by atoms with Crippen LogP contribution in [0.25, 0.3) is 10.9 Å². The molecule has 3 rings (SSSR count). The number of hydrogen-bond donors (Lipinski definition) is 2. The predicted molar refractivity (Wildman–Crippen MR) is 114 cm³/mol. The van der Waals surface area contributed by atoms with Crippen LogP contribution in [0, 0.1) is 10.1 Å². The predicted octanol–water partition coefficient (Wildman–Crippen LogP) is 1.73. The molecule has 2 N–H and O–H groups in total. The van der Waals surface area contributed by atoms with E-state index in [1.54, 1.807) is 25.1 Å². The molecule has 0 saturated heterocycles. The van der Waals surface area contributed by atoms with E-state index >= 15 is 0 Å². The molecule has 3 aromatic rings. The molecule has 1 atom stereocenters. The average Bonchev–Trinajstić information content (AvgIpc) is 2.74. The van der Waals surface area contributed by atoms with E-state index in [1.807, 2.05) is 0 Å². The summed E-state index contributed by atoms with van der Waals surface area (Å²) in [7, 11) is 0. The first-order chi connectivity index (χ1) is 15.2. The largest absolute Gasteiger partial charge is 0.490 e. The van der Waals surface area contributed by atoms with Gasteiger partial charge in [-0.15, -0.1) is 4.68 Å². The van der Waals surface area contributed by atoms with Crippen molar-refractivity contribution >= 4 is 28.8 Å². The number of para-hydroxylation sites is 1. The van der Waals surface area contributed by atoms with Crippen LogP contribution in [0.2, 0.25) is 0 Å². The van der Waals surface area contributed by atoms with Gasteiger partial charge in [-0.1, -0.05) is 12.1 Å². The summed E-state index contributed by atoms with van der Waals surface area (Å²) >= 11 is 0. The highest BCUT2D eigenvalue weighted by Gasteiger charge is 2.26. The first-order valence-electron chi connectivity index (χ1n) is 9.36. The summed E-state index contributed by atoms with van der Waals surface area (Å²) in [6.45, 7) is 2.96. The number of fused-ring (bicyclic) bond motifs is 1. The Bertz CT molecular complexity index is 1340. The molecule has 0 aliphatic rings. The van der Waals surface area contributed by atoms with Gasteiger partial charge >= 0.3 is 17.3 Å². The minimum absolute atomic E-state index is 0.0870. The van der Waals surface area contributed by atoms with Crippen LogP contribution in [0.15, 0.2) is 51.1 Å². The average molecular weight is 442 g/mol. The Hall–Kier alpha value is -4.48. The number of aromatic nitrogens is 2. The molecule has 1 heterocycles. The van der Waals surface area contributed by atoms with Crippen molar-refractivity contribution in [2.75, 3.05) is 6.61 Å². The summed E-state index contributed by atoms with van der Waals surface area (Å²) in [5.74, 6) is -1.76. The van der Waals surface area contributed by atoms with Gasteiger partial charge in [0, 0.05) is 11.6 Å². The van der Waals surface area contributed by atoms with Gasteiger partial charge in [0.1, 0.15) is 0 Å². The minimum Gasteiger partial charge on any atom is -0.490 e. The molecule has 2 aromatic carbocycles. The Kier molecular flexibility index (Phi) is 6.33. The van der Waals surface area contributed by atoms with Crippen LogP contribution in [0.3, 0.4) is 0 Å². The molecule has 12 heteroatoms. The first-order valence-corrected chi connectivity index (χ1v) is 9.36. The zero-order valence-corrected chi connectivity index (χ0v) is 17.0. The van der Waals surface area contributed by atoms with Crippen LogP contribution in [0.1, 0.15) is 19.4 Å². The van der Waals surface area contributed by atoms with Crippen molar-refractivity contribution in [3.05, 3.63) is 72.9 Å². The lowest BCUT2D eigenvalue weighted by molar-refractivity contribution is -0.386. The lowest BCUT2D eigenvalue weighted by Crippen LogP contribution is -2.32. The van der Waals surface area contributed by atoms with Crippen LogP contribution < -0.4 is 20.7 Å². The van der Waals surface area contributed by atoms with Crippen LogP contribution in [-0.4, -0.2) is 44.6 Å². The van der Waals surface area contributed by atoms with Gasteiger partial charge in [0.15, 0.2) is 11.9 Å². The van der Waals surface area contributed by atoms with E-state index in [-0.39, 0.29) is 29.1 Å². The van der Waals surface area contributed by atoms with Gasteiger partial charge in [0.05, 0.1) is 28.6 Å². The Morgan fingerprint density at radius 2 is 2.06 bits per heavy atom. The summed E-state index contributed by atoms with van der Waals surface area (Å²) in [6, 6.07) is 8.77. The maximum absolute atomic E-state index is 12.6. The molecule has 1 aromatic heterocycles. The number of rotatable bonds is 8. The van der Waals surface area contributed by atoms with Crippen molar-refractivity contribution in [1.82, 2.24) is 9.66 Å². The lowest BCUT2D eigenvalue weighted by Gasteiger charge is -2.15. The number of carboxylic acids is 1. The van der Waals surface area contributed by atoms with Gasteiger partial charge in [-0.05, 0) is 32.0 Å². The van der Waals surface area contributed by atoms with Gasteiger partial charge in [0.2, 0.25) is 5.75 Å². The molecular weight excluding hydrogens is 424 g/mol. The zero-order valence-electron chi connectivity index (χ0n) is 17.0. The van der Waals surface area contributed by atoms with Gasteiger partial charge in [-0.2, -0.15) is 5.10 Å². The van der Waals surface area contributed by atoms with Crippen molar-refractivity contribution in [1.29, 1.82) is 0 Å². The highest BCUT2D eigenvalue weighted by atomic mass is 16.6. The number of nitro benzene ring substituents is 1. The third-order valence-corrected chi connectivity index (χ3v) is 4.30. The Morgan fingerprint density at radius 3 is 2.72 bits per heavy atom. The van der Waals surface area contributed by atoms with Crippen molar-refractivity contribution in [2.45, 2.75) is 20.0 Å². The quantitative estimate of drug-likeness (QED) is 0.302. The standard InChI is InChI=1S/C20H18N4O8/c1-3-31-16-9-12(8-15(24(29)30)17(16)32-11(2)19(26)27)10-21-23-18(25)13-6-4-5-7-14(13)22-20(23)28/h4-11H,3H2,1-2H3,(H,22,28)(H,26,27)/t11-/m1/s1. The summed E-state index contributed by atoms with van der Waals surface area (Å²) < 4.78 is 11.2. The minimum atomic E-state index is -1.37. The molecule has 0 saturated carbocycles. The second-order valence-electron chi connectivity index (χ2n) is 6.49. The maximum Gasteiger partial charge on any atom is 0.349 e. The Labute approximate surface area is 179 Å². The molecule has 0 spiro atoms. The number of carbonyl (C=O) groups is 1. The van der Waals surface area contributed by atoms with E-state index in [4.69, 9.17) is 14.6 Å². The van der Waals surface area contributed by atoms with E-state index in [2.05, 4.69) is 10.1 Å². The van der Waals surface area contributed by atoms with Gasteiger partial charge in [-0.3, -0.25) is 14.9 Å². The number of aromatic amines is 1. The molecule has 0 bridgehead atoms. The molecule has 166 valence electrons. The second-order valence-corrected chi connectivity index (χ2v) is 6.49. The van der Waals surface area contributed by atoms with Crippen LogP contribution >= 0.6 is 0 Å². The number of nitrogens with one attached hydrogen (secondary N) is 1. The number of hydrogen-bond acceptors (Lipinski definition) is 8. The molecule has 32 heavy (non-hydrogen) atoms. The number of aliphatic carboxylic acids is 1. The highest BCUT2D eigenvalue weighted by molar-refractivity contribution is 5.84. The maximum atomic E-state index is 12.6. The van der Waals surface area contributed by atoms with Crippen molar-refractivity contribution in [3.8, 4) is 11.5 Å². The summed E-state index contributed by atoms with van der Waals surface area (Å²) in [5, 5.41) is 24.7. The Morgan fingerprint density at radius 1 is 1.34 bits per heavy atom. The number of carboxylic acid groups (broad SMARTS) is 1.